The highest BCUT2D eigenvalue weighted by Crippen LogP contribution is 2.33. The van der Waals surface area contributed by atoms with E-state index in [-0.39, 0.29) is 5.56 Å². The quantitative estimate of drug-likeness (QED) is 0.864. The molecule has 6 heteroatoms. The highest BCUT2D eigenvalue weighted by molar-refractivity contribution is 5.36. The molecule has 0 heterocycles. The molecule has 1 aromatic carbocycles. The van der Waals surface area contributed by atoms with Crippen LogP contribution in [-0.4, -0.2) is 17.0 Å². The topological polar surface area (TPSA) is 55.5 Å². The molecule has 1 aromatic rings. The minimum absolute atomic E-state index is 0.0114. The Kier molecular flexibility index (Phi) is 3.68. The van der Waals surface area contributed by atoms with Gasteiger partial charge < -0.3 is 15.6 Å². The number of rotatable bonds is 3. The van der Waals surface area contributed by atoms with Crippen LogP contribution in [0.2, 0.25) is 0 Å². The molecule has 0 aliphatic carbocycles. The third-order valence-corrected chi connectivity index (χ3v) is 2.14. The van der Waals surface area contributed by atoms with Gasteiger partial charge in [0.25, 0.3) is 0 Å². The first-order valence-corrected chi connectivity index (χ1v) is 4.93. The van der Waals surface area contributed by atoms with Gasteiger partial charge in [-0.2, -0.15) is 0 Å². The summed E-state index contributed by atoms with van der Waals surface area (Å²) in [5, 5.41) is 9.86. The number of halogens is 3. The first-order chi connectivity index (χ1) is 7.61. The van der Waals surface area contributed by atoms with Crippen LogP contribution in [0, 0.1) is 0 Å². The van der Waals surface area contributed by atoms with Gasteiger partial charge in [0.15, 0.2) is 0 Å². The fourth-order valence-corrected chi connectivity index (χ4v) is 1.32. The standard InChI is InChI=1S/C11H14F3NO2/c1-10(2,15)9(16)7-5-3-4-6-8(7)17-11(12,13)14/h3-6,9,16H,15H2,1-2H3. The SMILES string of the molecule is CC(C)(N)C(O)c1ccccc1OC(F)(F)F. The molecular formula is C11H14F3NO2. The van der Waals surface area contributed by atoms with Gasteiger partial charge in [0.05, 0.1) is 6.10 Å². The highest BCUT2D eigenvalue weighted by Gasteiger charge is 2.34. The Morgan fingerprint density at radius 1 is 1.24 bits per heavy atom. The molecule has 96 valence electrons. The molecule has 0 aliphatic rings. The molecule has 1 rings (SSSR count). The van der Waals surface area contributed by atoms with Crippen LogP contribution in [0.3, 0.4) is 0 Å². The van der Waals surface area contributed by atoms with E-state index < -0.39 is 23.8 Å². The Morgan fingerprint density at radius 2 is 1.76 bits per heavy atom. The van der Waals surface area contributed by atoms with Gasteiger partial charge in [-0.3, -0.25) is 0 Å². The first kappa shape index (κ1) is 13.8. The van der Waals surface area contributed by atoms with E-state index in [0.29, 0.717) is 0 Å². The van der Waals surface area contributed by atoms with Crippen LogP contribution >= 0.6 is 0 Å². The largest absolute Gasteiger partial charge is 0.573 e. The number of ether oxygens (including phenoxy) is 1. The minimum atomic E-state index is -4.80. The van der Waals surface area contributed by atoms with Crippen molar-refractivity contribution in [1.29, 1.82) is 0 Å². The summed E-state index contributed by atoms with van der Waals surface area (Å²) >= 11 is 0. The number of alkyl halides is 3. The lowest BCUT2D eigenvalue weighted by Gasteiger charge is -2.27. The maximum absolute atomic E-state index is 12.1. The van der Waals surface area contributed by atoms with Crippen molar-refractivity contribution < 1.29 is 23.0 Å². The van der Waals surface area contributed by atoms with Crippen LogP contribution < -0.4 is 10.5 Å². The summed E-state index contributed by atoms with van der Waals surface area (Å²) in [4.78, 5) is 0. The summed E-state index contributed by atoms with van der Waals surface area (Å²) < 4.78 is 40.3. The first-order valence-electron chi connectivity index (χ1n) is 4.93. The number of aliphatic hydroxyl groups excluding tert-OH is 1. The summed E-state index contributed by atoms with van der Waals surface area (Å²) in [7, 11) is 0. The minimum Gasteiger partial charge on any atom is -0.405 e. The molecule has 0 aromatic heterocycles. The zero-order valence-electron chi connectivity index (χ0n) is 9.45. The lowest BCUT2D eigenvalue weighted by molar-refractivity contribution is -0.275. The summed E-state index contributed by atoms with van der Waals surface area (Å²) in [6.45, 7) is 3.03. The van der Waals surface area contributed by atoms with E-state index >= 15 is 0 Å². The van der Waals surface area contributed by atoms with Crippen LogP contribution in [0.25, 0.3) is 0 Å². The predicted octanol–water partition coefficient (Wildman–Crippen LogP) is 2.36. The Balaban J connectivity index is 3.08. The number of aliphatic hydroxyl groups is 1. The molecular weight excluding hydrogens is 235 g/mol. The molecule has 3 nitrogen and oxygen atoms in total. The van der Waals surface area contributed by atoms with Crippen LogP contribution in [-0.2, 0) is 0 Å². The van der Waals surface area contributed by atoms with Crippen molar-refractivity contribution in [1.82, 2.24) is 0 Å². The maximum Gasteiger partial charge on any atom is 0.573 e. The van der Waals surface area contributed by atoms with Crippen molar-refractivity contribution in [2.45, 2.75) is 31.9 Å². The van der Waals surface area contributed by atoms with Gasteiger partial charge in [0.2, 0.25) is 0 Å². The summed E-state index contributed by atoms with van der Waals surface area (Å²) in [5.41, 5.74) is 4.60. The molecule has 0 fully saturated rings. The second-order valence-corrected chi connectivity index (χ2v) is 4.31. The van der Waals surface area contributed by atoms with Crippen molar-refractivity contribution in [3.63, 3.8) is 0 Å². The Hall–Kier alpha value is -1.27. The number of benzene rings is 1. The Bertz CT molecular complexity index is 385. The molecule has 3 N–H and O–H groups in total. The summed E-state index contributed by atoms with van der Waals surface area (Å²) in [6, 6.07) is 5.38. The van der Waals surface area contributed by atoms with Gasteiger partial charge in [0.1, 0.15) is 5.75 Å². The van der Waals surface area contributed by atoms with E-state index in [0.717, 1.165) is 6.07 Å². The molecule has 0 spiro atoms. The van der Waals surface area contributed by atoms with Crippen LogP contribution in [0.1, 0.15) is 25.5 Å². The molecule has 1 atom stereocenters. The van der Waals surface area contributed by atoms with Crippen molar-refractivity contribution in [3.05, 3.63) is 29.8 Å². The third kappa shape index (κ3) is 3.90. The van der Waals surface area contributed by atoms with Gasteiger partial charge in [-0.05, 0) is 19.9 Å². The number of hydrogen-bond donors (Lipinski definition) is 2. The van der Waals surface area contributed by atoms with Gasteiger partial charge in [-0.15, -0.1) is 13.2 Å². The van der Waals surface area contributed by atoms with Crippen molar-refractivity contribution in [3.8, 4) is 5.75 Å². The zero-order chi connectivity index (χ0) is 13.3. The normalized spacial score (nSPS) is 14.5. The molecule has 1 unspecified atom stereocenters. The van der Waals surface area contributed by atoms with Crippen LogP contribution in [0.5, 0.6) is 5.75 Å². The molecule has 0 aliphatic heterocycles. The van der Waals surface area contributed by atoms with Gasteiger partial charge >= 0.3 is 6.36 Å². The summed E-state index contributed by atoms with van der Waals surface area (Å²) in [6.07, 6.45) is -6.05. The number of nitrogens with two attached hydrogens (primary N) is 1. The van der Waals surface area contributed by atoms with Crippen molar-refractivity contribution >= 4 is 0 Å². The van der Waals surface area contributed by atoms with E-state index in [1.54, 1.807) is 0 Å². The van der Waals surface area contributed by atoms with Gasteiger partial charge in [-0.25, -0.2) is 0 Å². The smallest absolute Gasteiger partial charge is 0.405 e. The average molecular weight is 249 g/mol. The van der Waals surface area contributed by atoms with E-state index in [1.165, 1.54) is 32.0 Å². The number of para-hydroxylation sites is 1. The second-order valence-electron chi connectivity index (χ2n) is 4.31. The lowest BCUT2D eigenvalue weighted by atomic mass is 9.92. The molecule has 0 saturated carbocycles. The van der Waals surface area contributed by atoms with Crippen LogP contribution in [0.4, 0.5) is 13.2 Å². The molecule has 17 heavy (non-hydrogen) atoms. The molecule has 0 saturated heterocycles. The monoisotopic (exact) mass is 249 g/mol. The fourth-order valence-electron chi connectivity index (χ4n) is 1.32. The van der Waals surface area contributed by atoms with Gasteiger partial charge in [-0.1, -0.05) is 18.2 Å². The van der Waals surface area contributed by atoms with Crippen molar-refractivity contribution in [2.75, 3.05) is 0 Å². The molecule has 0 bridgehead atoms. The number of hydrogen-bond acceptors (Lipinski definition) is 3. The van der Waals surface area contributed by atoms with E-state index in [2.05, 4.69) is 4.74 Å². The fraction of sp³-hybridized carbons (Fsp3) is 0.455. The zero-order valence-corrected chi connectivity index (χ0v) is 9.45. The predicted molar refractivity (Wildman–Crippen MR) is 56.4 cm³/mol. The van der Waals surface area contributed by atoms with Crippen molar-refractivity contribution in [2.24, 2.45) is 5.73 Å². The highest BCUT2D eigenvalue weighted by atomic mass is 19.4. The average Bonchev–Trinajstić information content (AvgIpc) is 2.13. The molecule has 0 amide bonds. The van der Waals surface area contributed by atoms with Crippen LogP contribution in [0.15, 0.2) is 24.3 Å². The molecule has 0 radical (unpaired) electrons. The van der Waals surface area contributed by atoms with E-state index in [4.69, 9.17) is 5.73 Å². The Labute approximate surface area is 97.0 Å². The Morgan fingerprint density at radius 3 is 2.24 bits per heavy atom. The van der Waals surface area contributed by atoms with Gasteiger partial charge in [0, 0.05) is 11.1 Å². The maximum atomic E-state index is 12.1. The third-order valence-electron chi connectivity index (χ3n) is 2.14. The van der Waals surface area contributed by atoms with E-state index in [1.807, 2.05) is 0 Å². The van der Waals surface area contributed by atoms with E-state index in [9.17, 15) is 18.3 Å². The lowest BCUT2D eigenvalue weighted by Crippen LogP contribution is -2.39. The second kappa shape index (κ2) is 4.54. The summed E-state index contributed by atoms with van der Waals surface area (Å²) in [5.74, 6) is -0.439.